The van der Waals surface area contributed by atoms with Crippen molar-refractivity contribution in [3.8, 4) is 5.75 Å². The summed E-state index contributed by atoms with van der Waals surface area (Å²) in [6, 6.07) is 3.27. The number of phosphoric ester groups is 1. The van der Waals surface area contributed by atoms with Crippen LogP contribution in [0.4, 0.5) is 0 Å². The number of rotatable bonds is 5. The number of carbonyl (C=O) groups is 1. The molecule has 0 unspecified atom stereocenters. The van der Waals surface area contributed by atoms with Crippen LogP contribution in [-0.2, 0) is 15.8 Å². The highest BCUT2D eigenvalue weighted by molar-refractivity contribution is 9.10. The average Bonchev–Trinajstić information content (AvgIpc) is 2.20. The molecule has 1 atom stereocenters. The van der Waals surface area contributed by atoms with Crippen LogP contribution in [0.2, 0.25) is 0 Å². The van der Waals surface area contributed by atoms with Crippen molar-refractivity contribution < 1.29 is 28.8 Å². The highest BCUT2D eigenvalue weighted by Gasteiger charge is 2.18. The van der Waals surface area contributed by atoms with Crippen LogP contribution < -0.4 is 10.3 Å². The Balaban J connectivity index is 2.86. The molecular weight excluding hydrogens is 329 g/mol. The van der Waals surface area contributed by atoms with E-state index in [1.165, 1.54) is 18.2 Å². The van der Waals surface area contributed by atoms with Gasteiger partial charge < -0.3 is 15.4 Å². The van der Waals surface area contributed by atoms with E-state index in [1.54, 1.807) is 0 Å². The van der Waals surface area contributed by atoms with Gasteiger partial charge >= 0.3 is 13.8 Å². The zero-order valence-corrected chi connectivity index (χ0v) is 11.5. The van der Waals surface area contributed by atoms with Crippen molar-refractivity contribution in [2.24, 2.45) is 5.73 Å². The molecule has 5 N–H and O–H groups in total. The molecule has 0 aliphatic carbocycles. The lowest BCUT2D eigenvalue weighted by atomic mass is 10.1. The first-order chi connectivity index (χ1) is 8.19. The number of phosphoric acid groups is 1. The van der Waals surface area contributed by atoms with E-state index in [1.807, 2.05) is 0 Å². The number of nitrogens with two attached hydrogens (primary N) is 1. The van der Waals surface area contributed by atoms with E-state index >= 15 is 0 Å². The molecule has 0 aliphatic rings. The predicted octanol–water partition coefficient (Wildman–Crippen LogP) is 0.875. The molecule has 0 amide bonds. The quantitative estimate of drug-likeness (QED) is 0.585. The molecule has 7 nitrogen and oxygen atoms in total. The molecule has 0 heterocycles. The van der Waals surface area contributed by atoms with Gasteiger partial charge in [0.15, 0.2) is 0 Å². The minimum Gasteiger partial charge on any atom is -0.480 e. The molecule has 0 spiro atoms. The van der Waals surface area contributed by atoms with Crippen LogP contribution in [0.5, 0.6) is 5.75 Å². The summed E-state index contributed by atoms with van der Waals surface area (Å²) in [6.45, 7) is 0. The Labute approximate surface area is 111 Å². The summed E-state index contributed by atoms with van der Waals surface area (Å²) in [5.41, 5.74) is 5.97. The fraction of sp³-hybridized carbons (Fsp3) is 0.222. The third-order valence-corrected chi connectivity index (χ3v) is 3.04. The lowest BCUT2D eigenvalue weighted by molar-refractivity contribution is -0.138. The SMILES string of the molecule is N[C@@H](Cc1ccc(OP(=O)(O)O)c(Br)c1)C(=O)O. The fourth-order valence-corrected chi connectivity index (χ4v) is 2.26. The van der Waals surface area contributed by atoms with E-state index in [4.69, 9.17) is 20.6 Å². The molecule has 100 valence electrons. The van der Waals surface area contributed by atoms with Gasteiger partial charge in [-0.05, 0) is 40.0 Å². The second kappa shape index (κ2) is 5.81. The molecule has 1 aromatic carbocycles. The monoisotopic (exact) mass is 339 g/mol. The first kappa shape index (κ1) is 15.1. The van der Waals surface area contributed by atoms with Gasteiger partial charge in [0.25, 0.3) is 0 Å². The first-order valence-electron chi connectivity index (χ1n) is 4.71. The van der Waals surface area contributed by atoms with Crippen LogP contribution in [-0.4, -0.2) is 26.9 Å². The number of halogens is 1. The molecule has 0 fully saturated rings. The average molecular weight is 340 g/mol. The first-order valence-corrected chi connectivity index (χ1v) is 7.03. The number of hydrogen-bond acceptors (Lipinski definition) is 4. The lowest BCUT2D eigenvalue weighted by Gasteiger charge is -2.11. The third kappa shape index (κ3) is 4.75. The summed E-state index contributed by atoms with van der Waals surface area (Å²) in [5, 5.41) is 8.66. The summed E-state index contributed by atoms with van der Waals surface area (Å²) >= 11 is 3.07. The summed E-state index contributed by atoms with van der Waals surface area (Å²) in [5.74, 6) is -1.15. The van der Waals surface area contributed by atoms with Crippen LogP contribution in [0, 0.1) is 0 Å². The van der Waals surface area contributed by atoms with Gasteiger partial charge in [0.2, 0.25) is 0 Å². The zero-order chi connectivity index (χ0) is 13.9. The van der Waals surface area contributed by atoms with Gasteiger partial charge in [0.05, 0.1) is 4.47 Å². The molecule has 0 saturated carbocycles. The van der Waals surface area contributed by atoms with Gasteiger partial charge in [-0.3, -0.25) is 14.6 Å². The summed E-state index contributed by atoms with van der Waals surface area (Å²) < 4.78 is 15.4. The normalized spacial score (nSPS) is 13.1. The molecule has 0 bridgehead atoms. The Morgan fingerprint density at radius 2 is 2.11 bits per heavy atom. The number of aliphatic carboxylic acids is 1. The molecule has 1 rings (SSSR count). The number of benzene rings is 1. The second-order valence-corrected chi connectivity index (χ2v) is 5.51. The van der Waals surface area contributed by atoms with Crippen LogP contribution in [0.25, 0.3) is 0 Å². The minimum absolute atomic E-state index is 0.0315. The molecule has 18 heavy (non-hydrogen) atoms. The fourth-order valence-electron chi connectivity index (χ4n) is 1.21. The van der Waals surface area contributed by atoms with Crippen molar-refractivity contribution in [3.63, 3.8) is 0 Å². The summed E-state index contributed by atoms with van der Waals surface area (Å²) in [7, 11) is -4.62. The van der Waals surface area contributed by atoms with Crippen LogP contribution >= 0.6 is 23.8 Å². The van der Waals surface area contributed by atoms with E-state index in [-0.39, 0.29) is 12.2 Å². The third-order valence-electron chi connectivity index (χ3n) is 1.99. The lowest BCUT2D eigenvalue weighted by Crippen LogP contribution is -2.32. The van der Waals surface area contributed by atoms with E-state index < -0.39 is 19.8 Å². The predicted molar refractivity (Wildman–Crippen MR) is 66.1 cm³/mol. The molecule has 1 aromatic rings. The van der Waals surface area contributed by atoms with Crippen molar-refractivity contribution in [1.82, 2.24) is 0 Å². The van der Waals surface area contributed by atoms with Gasteiger partial charge in [-0.25, -0.2) is 4.57 Å². The van der Waals surface area contributed by atoms with Crippen molar-refractivity contribution in [1.29, 1.82) is 0 Å². The highest BCUT2D eigenvalue weighted by Crippen LogP contribution is 2.41. The molecule has 9 heteroatoms. The second-order valence-electron chi connectivity index (χ2n) is 3.50. The Hall–Kier alpha value is -0.920. The molecular formula is C9H11BrNO6P. The van der Waals surface area contributed by atoms with Crippen molar-refractivity contribution in [3.05, 3.63) is 28.2 Å². The Kier molecular flexibility index (Phi) is 4.89. The minimum atomic E-state index is -4.62. The van der Waals surface area contributed by atoms with E-state index in [0.29, 0.717) is 10.0 Å². The Morgan fingerprint density at radius 1 is 1.50 bits per heavy atom. The van der Waals surface area contributed by atoms with Crippen LogP contribution in [0.15, 0.2) is 22.7 Å². The van der Waals surface area contributed by atoms with Crippen LogP contribution in [0.3, 0.4) is 0 Å². The van der Waals surface area contributed by atoms with Gasteiger partial charge in [0, 0.05) is 0 Å². The summed E-state index contributed by atoms with van der Waals surface area (Å²) in [6.07, 6.45) is 0.101. The maximum absolute atomic E-state index is 10.7. The Bertz CT molecular complexity index is 502. The van der Waals surface area contributed by atoms with E-state index in [9.17, 15) is 9.36 Å². The van der Waals surface area contributed by atoms with E-state index in [0.717, 1.165) is 0 Å². The molecule has 0 saturated heterocycles. The van der Waals surface area contributed by atoms with Crippen LogP contribution in [0.1, 0.15) is 5.56 Å². The topological polar surface area (TPSA) is 130 Å². The maximum Gasteiger partial charge on any atom is 0.524 e. The molecule has 0 aromatic heterocycles. The van der Waals surface area contributed by atoms with Gasteiger partial charge in [-0.1, -0.05) is 6.07 Å². The Morgan fingerprint density at radius 3 is 2.56 bits per heavy atom. The number of carboxylic acid groups (broad SMARTS) is 1. The largest absolute Gasteiger partial charge is 0.524 e. The van der Waals surface area contributed by atoms with Crippen molar-refractivity contribution >= 4 is 29.7 Å². The zero-order valence-electron chi connectivity index (χ0n) is 8.99. The summed E-state index contributed by atoms with van der Waals surface area (Å²) in [4.78, 5) is 27.9. The molecule has 0 radical (unpaired) electrons. The van der Waals surface area contributed by atoms with Gasteiger partial charge in [-0.15, -0.1) is 0 Å². The van der Waals surface area contributed by atoms with Crippen molar-refractivity contribution in [2.75, 3.05) is 0 Å². The molecule has 0 aliphatic heterocycles. The smallest absolute Gasteiger partial charge is 0.480 e. The van der Waals surface area contributed by atoms with E-state index in [2.05, 4.69) is 20.5 Å². The maximum atomic E-state index is 10.7. The number of carboxylic acids is 1. The van der Waals surface area contributed by atoms with Crippen molar-refractivity contribution in [2.45, 2.75) is 12.5 Å². The van der Waals surface area contributed by atoms with Gasteiger partial charge in [-0.2, -0.15) is 0 Å². The standard InChI is InChI=1S/C9H11BrNO6P/c10-6-3-5(4-7(11)9(12)13)1-2-8(6)17-18(14,15)16/h1-3,7H,4,11H2,(H,12,13)(H2,14,15,16)/t7-/m0/s1. The number of hydrogen-bond donors (Lipinski definition) is 4. The highest BCUT2D eigenvalue weighted by atomic mass is 79.9. The van der Waals surface area contributed by atoms with Gasteiger partial charge in [0.1, 0.15) is 11.8 Å².